The summed E-state index contributed by atoms with van der Waals surface area (Å²) in [4.78, 5) is 0. The van der Waals surface area contributed by atoms with Gasteiger partial charge in [-0.3, -0.25) is 0 Å². The van der Waals surface area contributed by atoms with Crippen LogP contribution in [0.4, 0.5) is 0 Å². The number of methoxy groups -OCH3 is 1. The highest BCUT2D eigenvalue weighted by molar-refractivity contribution is 5.79. The summed E-state index contributed by atoms with van der Waals surface area (Å²) in [5, 5.41) is 50.1. The minimum absolute atomic E-state index is 0.122. The molecule has 0 amide bonds. The molecule has 0 radical (unpaired) electrons. The van der Waals surface area contributed by atoms with E-state index < -0.39 is 24.6 Å². The Labute approximate surface area is 179 Å². The number of aromatic hydroxyl groups is 1. The summed E-state index contributed by atoms with van der Waals surface area (Å²) in [6.45, 7) is 2.24. The van der Waals surface area contributed by atoms with Gasteiger partial charge in [-0.15, -0.1) is 0 Å². The number of hydrogen-bond donors (Lipinski definition) is 5. The fourth-order valence-corrected chi connectivity index (χ4v) is 3.02. The lowest BCUT2D eigenvalue weighted by molar-refractivity contribution is -0.176. The van der Waals surface area contributed by atoms with E-state index in [1.54, 1.807) is 18.2 Å². The normalized spacial score (nSPS) is 17.5. The largest absolute Gasteiger partial charge is 0.507 e. The third-order valence-electron chi connectivity index (χ3n) is 4.72. The number of fused-ring (bicyclic) bond motifs is 1. The van der Waals surface area contributed by atoms with Crippen molar-refractivity contribution in [3.63, 3.8) is 0 Å². The number of ether oxygens (including phenoxy) is 4. The molecule has 0 saturated heterocycles. The molecule has 0 aliphatic carbocycles. The maximum atomic E-state index is 10.5. The highest BCUT2D eigenvalue weighted by atomic mass is 16.7. The molecule has 168 valence electrons. The zero-order chi connectivity index (χ0) is 22.5. The van der Waals surface area contributed by atoms with Crippen molar-refractivity contribution in [2.24, 2.45) is 0 Å². The SMILES string of the molecule is COC(Oc1ccc(/C(O)=C/c2ccc3c(c2)OCCO3)c(O)c1)C(O)C(O)C(C)O. The lowest BCUT2D eigenvalue weighted by atomic mass is 10.1. The van der Waals surface area contributed by atoms with E-state index in [1.165, 1.54) is 38.3 Å². The van der Waals surface area contributed by atoms with Crippen molar-refractivity contribution in [3.8, 4) is 23.0 Å². The van der Waals surface area contributed by atoms with Gasteiger partial charge in [0, 0.05) is 13.2 Å². The van der Waals surface area contributed by atoms with Crippen molar-refractivity contribution in [2.45, 2.75) is 31.5 Å². The summed E-state index contributed by atoms with van der Waals surface area (Å²) in [5.74, 6) is 0.863. The predicted molar refractivity (Wildman–Crippen MR) is 111 cm³/mol. The summed E-state index contributed by atoms with van der Waals surface area (Å²) in [7, 11) is 1.26. The number of rotatable bonds is 8. The van der Waals surface area contributed by atoms with Gasteiger partial charge < -0.3 is 44.5 Å². The summed E-state index contributed by atoms with van der Waals surface area (Å²) in [6, 6.07) is 9.32. The fourth-order valence-electron chi connectivity index (χ4n) is 3.02. The van der Waals surface area contributed by atoms with Crippen LogP contribution in [0.5, 0.6) is 23.0 Å². The van der Waals surface area contributed by atoms with Gasteiger partial charge in [0.25, 0.3) is 0 Å². The molecule has 2 aromatic rings. The van der Waals surface area contributed by atoms with Crippen molar-refractivity contribution >= 4 is 11.8 Å². The van der Waals surface area contributed by atoms with Crippen LogP contribution < -0.4 is 14.2 Å². The van der Waals surface area contributed by atoms with Gasteiger partial charge >= 0.3 is 0 Å². The monoisotopic (exact) mass is 434 g/mol. The maximum absolute atomic E-state index is 10.5. The molecule has 9 heteroatoms. The first-order chi connectivity index (χ1) is 14.8. The van der Waals surface area contributed by atoms with Crippen molar-refractivity contribution < 1.29 is 44.5 Å². The number of aliphatic hydroxyl groups is 4. The van der Waals surface area contributed by atoms with Crippen LogP contribution in [0.3, 0.4) is 0 Å². The van der Waals surface area contributed by atoms with Gasteiger partial charge in [0.1, 0.15) is 42.7 Å². The summed E-state index contributed by atoms with van der Waals surface area (Å²) < 4.78 is 21.5. The van der Waals surface area contributed by atoms with E-state index in [9.17, 15) is 25.5 Å². The van der Waals surface area contributed by atoms with E-state index in [0.29, 0.717) is 30.3 Å². The van der Waals surface area contributed by atoms with Crippen molar-refractivity contribution in [1.82, 2.24) is 0 Å². The van der Waals surface area contributed by atoms with Gasteiger partial charge in [0.05, 0.1) is 11.7 Å². The number of phenolic OH excluding ortho intramolecular Hbond substituents is 1. The van der Waals surface area contributed by atoms with Crippen LogP contribution in [-0.4, -0.2) is 70.5 Å². The summed E-state index contributed by atoms with van der Waals surface area (Å²) >= 11 is 0. The fraction of sp³-hybridized carbons (Fsp3) is 0.364. The molecule has 31 heavy (non-hydrogen) atoms. The highest BCUT2D eigenvalue weighted by Gasteiger charge is 2.31. The zero-order valence-electron chi connectivity index (χ0n) is 17.1. The summed E-state index contributed by atoms with van der Waals surface area (Å²) in [6.07, 6.45) is -4.05. The van der Waals surface area contributed by atoms with Crippen molar-refractivity contribution in [2.75, 3.05) is 20.3 Å². The van der Waals surface area contributed by atoms with E-state index in [4.69, 9.17) is 18.9 Å². The van der Waals surface area contributed by atoms with Gasteiger partial charge in [0.15, 0.2) is 11.5 Å². The third-order valence-corrected chi connectivity index (χ3v) is 4.72. The minimum atomic E-state index is -1.53. The Morgan fingerprint density at radius 1 is 1.00 bits per heavy atom. The van der Waals surface area contributed by atoms with Crippen LogP contribution in [-0.2, 0) is 4.74 Å². The van der Waals surface area contributed by atoms with Gasteiger partial charge in [-0.2, -0.15) is 0 Å². The van der Waals surface area contributed by atoms with Gasteiger partial charge in [-0.1, -0.05) is 6.07 Å². The van der Waals surface area contributed by atoms with E-state index in [0.717, 1.165) is 0 Å². The molecule has 4 atom stereocenters. The van der Waals surface area contributed by atoms with Gasteiger partial charge in [-0.05, 0) is 42.8 Å². The second-order valence-corrected chi connectivity index (χ2v) is 7.06. The standard InChI is InChI=1S/C22H26O9/c1-12(23)20(26)21(27)22(28-2)31-14-4-5-15(17(25)11-14)16(24)9-13-3-6-18-19(10-13)30-8-7-29-18/h3-6,9-12,20-27H,7-8H2,1-2H3/b16-9-. The molecule has 9 nitrogen and oxygen atoms in total. The van der Waals surface area contributed by atoms with Gasteiger partial charge in [-0.25, -0.2) is 0 Å². The van der Waals surface area contributed by atoms with Gasteiger partial charge in [0.2, 0.25) is 6.29 Å². The molecule has 3 rings (SSSR count). The molecular formula is C22H26O9. The molecule has 0 aromatic heterocycles. The first-order valence-electron chi connectivity index (χ1n) is 9.67. The topological polar surface area (TPSA) is 138 Å². The Morgan fingerprint density at radius 3 is 2.35 bits per heavy atom. The van der Waals surface area contributed by atoms with E-state index >= 15 is 0 Å². The molecule has 0 spiro atoms. The minimum Gasteiger partial charge on any atom is -0.507 e. The Bertz CT molecular complexity index is 925. The number of hydrogen-bond acceptors (Lipinski definition) is 9. The third kappa shape index (κ3) is 5.39. The molecule has 1 aliphatic rings. The average molecular weight is 434 g/mol. The van der Waals surface area contributed by atoms with Crippen molar-refractivity contribution in [1.29, 1.82) is 0 Å². The van der Waals surface area contributed by atoms with E-state index in [2.05, 4.69) is 0 Å². The van der Waals surface area contributed by atoms with Crippen LogP contribution >= 0.6 is 0 Å². The molecule has 0 fully saturated rings. The second kappa shape index (κ2) is 9.88. The van der Waals surface area contributed by atoms with Crippen molar-refractivity contribution in [3.05, 3.63) is 47.5 Å². The zero-order valence-corrected chi connectivity index (χ0v) is 17.1. The molecule has 0 bridgehead atoms. The average Bonchev–Trinajstić information content (AvgIpc) is 2.76. The summed E-state index contributed by atoms with van der Waals surface area (Å²) in [5.41, 5.74) is 0.803. The number of aliphatic hydroxyl groups excluding tert-OH is 4. The number of benzene rings is 2. The Kier molecular flexibility index (Phi) is 7.24. The van der Waals surface area contributed by atoms with Crippen LogP contribution in [0, 0.1) is 0 Å². The lowest BCUT2D eigenvalue weighted by Gasteiger charge is -2.27. The molecular weight excluding hydrogens is 408 g/mol. The molecule has 5 N–H and O–H groups in total. The molecule has 2 aromatic carbocycles. The van der Waals surface area contributed by atoms with Crippen LogP contribution in [0.15, 0.2) is 36.4 Å². The highest BCUT2D eigenvalue weighted by Crippen LogP contribution is 2.33. The Hall–Kier alpha value is -2.98. The Balaban J connectivity index is 1.76. The molecule has 1 aliphatic heterocycles. The van der Waals surface area contributed by atoms with Crippen LogP contribution in [0.2, 0.25) is 0 Å². The first kappa shape index (κ1) is 22.7. The molecule has 1 heterocycles. The van der Waals surface area contributed by atoms with Crippen LogP contribution in [0.25, 0.3) is 11.8 Å². The quantitative estimate of drug-likeness (QED) is 0.239. The molecule has 0 saturated carbocycles. The van der Waals surface area contributed by atoms with E-state index in [1.807, 2.05) is 0 Å². The predicted octanol–water partition coefficient (Wildman–Crippen LogP) is 1.67. The van der Waals surface area contributed by atoms with E-state index in [-0.39, 0.29) is 22.8 Å². The molecule has 4 unspecified atom stereocenters. The second-order valence-electron chi connectivity index (χ2n) is 7.06. The number of phenols is 1. The Morgan fingerprint density at radius 2 is 1.71 bits per heavy atom. The first-order valence-corrected chi connectivity index (χ1v) is 9.67. The van der Waals surface area contributed by atoms with Crippen LogP contribution in [0.1, 0.15) is 18.1 Å². The lowest BCUT2D eigenvalue weighted by Crippen LogP contribution is -2.46. The maximum Gasteiger partial charge on any atom is 0.228 e. The smallest absolute Gasteiger partial charge is 0.228 e.